The van der Waals surface area contributed by atoms with Crippen LogP contribution in [0.1, 0.15) is 31.0 Å². The smallest absolute Gasteiger partial charge is 0.0659 e. The van der Waals surface area contributed by atoms with Crippen LogP contribution in [-0.2, 0) is 19.4 Å². The molecular weight excluding hydrogens is 174 g/mol. The average molecular weight is 189 g/mol. The molecule has 0 radical (unpaired) electrons. The van der Waals surface area contributed by atoms with Gasteiger partial charge in [0.25, 0.3) is 0 Å². The number of rotatable bonds is 1. The Bertz CT molecular complexity index is 359. The summed E-state index contributed by atoms with van der Waals surface area (Å²) in [4.78, 5) is 0. The van der Waals surface area contributed by atoms with E-state index in [1.807, 2.05) is 10.9 Å². The number of nitrogens with zero attached hydrogens (tertiary/aromatic N) is 3. The van der Waals surface area contributed by atoms with Gasteiger partial charge in [-0.2, -0.15) is 10.4 Å². The quantitative estimate of drug-likeness (QED) is 0.633. The number of nitriles is 1. The Labute approximate surface area is 84.3 Å². The zero-order valence-electron chi connectivity index (χ0n) is 8.53. The molecule has 0 aliphatic heterocycles. The van der Waals surface area contributed by atoms with Crippen molar-refractivity contribution in [1.82, 2.24) is 9.78 Å². The lowest BCUT2D eigenvalue weighted by molar-refractivity contribution is 0.549. The molecule has 0 aromatic carbocycles. The molecular formula is C11H15N3. The van der Waals surface area contributed by atoms with Gasteiger partial charge in [0.2, 0.25) is 0 Å². The summed E-state index contributed by atoms with van der Waals surface area (Å²) in [5.74, 6) is 0.193. The highest BCUT2D eigenvalue weighted by atomic mass is 15.3. The average Bonchev–Trinajstić information content (AvgIpc) is 2.47. The minimum Gasteiger partial charge on any atom is -0.270 e. The zero-order chi connectivity index (χ0) is 9.97. The molecule has 0 spiro atoms. The van der Waals surface area contributed by atoms with E-state index in [-0.39, 0.29) is 5.92 Å². The van der Waals surface area contributed by atoms with E-state index >= 15 is 0 Å². The number of hydrogen-bond donors (Lipinski definition) is 0. The van der Waals surface area contributed by atoms with Gasteiger partial charge in [0, 0.05) is 18.7 Å². The molecule has 1 heterocycles. The fourth-order valence-corrected chi connectivity index (χ4v) is 2.15. The van der Waals surface area contributed by atoms with Crippen LogP contribution in [-0.4, -0.2) is 9.78 Å². The largest absolute Gasteiger partial charge is 0.270 e. The van der Waals surface area contributed by atoms with Crippen molar-refractivity contribution in [2.75, 3.05) is 0 Å². The topological polar surface area (TPSA) is 41.6 Å². The first-order chi connectivity index (χ1) is 6.85. The van der Waals surface area contributed by atoms with Gasteiger partial charge in [-0.1, -0.05) is 0 Å². The predicted octanol–water partition coefficient (Wildman–Crippen LogP) is 1.92. The van der Waals surface area contributed by atoms with Crippen LogP contribution in [0.2, 0.25) is 0 Å². The van der Waals surface area contributed by atoms with Gasteiger partial charge in [0.15, 0.2) is 0 Å². The van der Waals surface area contributed by atoms with Crippen molar-refractivity contribution in [2.45, 2.75) is 39.2 Å². The molecule has 1 aromatic rings. The van der Waals surface area contributed by atoms with Crippen LogP contribution >= 0.6 is 0 Å². The standard InChI is InChI=1S/C11H15N3/c1-2-14-11-6-9(7-12)4-3-5-10(11)8-13-14/h8-9H,2-6H2,1H3/t9-/m0/s1. The second kappa shape index (κ2) is 3.83. The first-order valence-corrected chi connectivity index (χ1v) is 5.28. The van der Waals surface area contributed by atoms with Gasteiger partial charge >= 0.3 is 0 Å². The minimum atomic E-state index is 0.193. The molecule has 0 fully saturated rings. The third kappa shape index (κ3) is 1.52. The first-order valence-electron chi connectivity index (χ1n) is 5.28. The van der Waals surface area contributed by atoms with Gasteiger partial charge in [-0.3, -0.25) is 4.68 Å². The summed E-state index contributed by atoms with van der Waals surface area (Å²) < 4.78 is 2.03. The molecule has 74 valence electrons. The Morgan fingerprint density at radius 2 is 2.57 bits per heavy atom. The van der Waals surface area contributed by atoms with Crippen LogP contribution in [0.3, 0.4) is 0 Å². The Hall–Kier alpha value is -1.30. The van der Waals surface area contributed by atoms with Crippen LogP contribution < -0.4 is 0 Å². The van der Waals surface area contributed by atoms with Crippen molar-refractivity contribution >= 4 is 0 Å². The van der Waals surface area contributed by atoms with Crippen LogP contribution in [0.5, 0.6) is 0 Å². The Kier molecular flexibility index (Phi) is 2.53. The van der Waals surface area contributed by atoms with Crippen molar-refractivity contribution in [1.29, 1.82) is 5.26 Å². The van der Waals surface area contributed by atoms with Crippen LogP contribution in [0.25, 0.3) is 0 Å². The van der Waals surface area contributed by atoms with E-state index in [9.17, 15) is 0 Å². The van der Waals surface area contributed by atoms with E-state index in [1.165, 1.54) is 11.3 Å². The van der Waals surface area contributed by atoms with Gasteiger partial charge in [-0.05, 0) is 31.7 Å². The van der Waals surface area contributed by atoms with E-state index in [0.29, 0.717) is 0 Å². The lowest BCUT2D eigenvalue weighted by atomic mass is 10.0. The molecule has 1 aromatic heterocycles. The van der Waals surface area contributed by atoms with Crippen molar-refractivity contribution in [3.63, 3.8) is 0 Å². The third-order valence-electron chi connectivity index (χ3n) is 2.96. The molecule has 1 aliphatic rings. The molecule has 14 heavy (non-hydrogen) atoms. The number of aryl methyl sites for hydroxylation is 2. The van der Waals surface area contributed by atoms with Crippen molar-refractivity contribution in [3.05, 3.63) is 17.5 Å². The second-order valence-electron chi connectivity index (χ2n) is 3.85. The summed E-state index contributed by atoms with van der Waals surface area (Å²) in [5, 5.41) is 13.3. The minimum absolute atomic E-state index is 0.193. The van der Waals surface area contributed by atoms with E-state index < -0.39 is 0 Å². The molecule has 0 saturated carbocycles. The highest BCUT2D eigenvalue weighted by Gasteiger charge is 2.19. The summed E-state index contributed by atoms with van der Waals surface area (Å²) in [7, 11) is 0. The summed E-state index contributed by atoms with van der Waals surface area (Å²) >= 11 is 0. The van der Waals surface area contributed by atoms with Crippen molar-refractivity contribution in [2.24, 2.45) is 5.92 Å². The molecule has 0 N–H and O–H groups in total. The van der Waals surface area contributed by atoms with Gasteiger partial charge in [0.1, 0.15) is 0 Å². The Morgan fingerprint density at radius 1 is 1.71 bits per heavy atom. The number of hydrogen-bond acceptors (Lipinski definition) is 2. The van der Waals surface area contributed by atoms with E-state index in [2.05, 4.69) is 18.1 Å². The molecule has 0 saturated heterocycles. The fourth-order valence-electron chi connectivity index (χ4n) is 2.15. The van der Waals surface area contributed by atoms with E-state index in [1.54, 1.807) is 0 Å². The predicted molar refractivity (Wildman–Crippen MR) is 53.6 cm³/mol. The highest BCUT2D eigenvalue weighted by Crippen LogP contribution is 2.23. The van der Waals surface area contributed by atoms with Crippen LogP contribution in [0, 0.1) is 17.2 Å². The van der Waals surface area contributed by atoms with Crippen molar-refractivity contribution < 1.29 is 0 Å². The monoisotopic (exact) mass is 189 g/mol. The number of fused-ring (bicyclic) bond motifs is 1. The number of aromatic nitrogens is 2. The van der Waals surface area contributed by atoms with Crippen LogP contribution in [0.4, 0.5) is 0 Å². The molecule has 0 amide bonds. The molecule has 3 nitrogen and oxygen atoms in total. The lowest BCUT2D eigenvalue weighted by Crippen LogP contribution is -2.07. The summed E-state index contributed by atoms with van der Waals surface area (Å²) in [6.45, 7) is 3.01. The Morgan fingerprint density at radius 3 is 3.29 bits per heavy atom. The second-order valence-corrected chi connectivity index (χ2v) is 3.85. The molecule has 1 aliphatic carbocycles. The summed E-state index contributed by atoms with van der Waals surface area (Å²) in [6, 6.07) is 2.38. The molecule has 0 bridgehead atoms. The maximum Gasteiger partial charge on any atom is 0.0659 e. The first kappa shape index (κ1) is 9.26. The van der Waals surface area contributed by atoms with E-state index in [0.717, 1.165) is 32.2 Å². The zero-order valence-corrected chi connectivity index (χ0v) is 8.53. The highest BCUT2D eigenvalue weighted by molar-refractivity contribution is 5.21. The van der Waals surface area contributed by atoms with E-state index in [4.69, 9.17) is 5.26 Å². The summed E-state index contributed by atoms with van der Waals surface area (Å²) in [5.41, 5.74) is 2.64. The van der Waals surface area contributed by atoms with Gasteiger partial charge in [-0.15, -0.1) is 0 Å². The van der Waals surface area contributed by atoms with Gasteiger partial charge in [-0.25, -0.2) is 0 Å². The maximum absolute atomic E-state index is 8.96. The molecule has 2 rings (SSSR count). The third-order valence-corrected chi connectivity index (χ3v) is 2.96. The van der Waals surface area contributed by atoms with Gasteiger partial charge in [0.05, 0.1) is 18.2 Å². The van der Waals surface area contributed by atoms with Crippen molar-refractivity contribution in [3.8, 4) is 6.07 Å². The van der Waals surface area contributed by atoms with Crippen LogP contribution in [0.15, 0.2) is 6.20 Å². The Balaban J connectivity index is 2.32. The molecule has 0 unspecified atom stereocenters. The summed E-state index contributed by atoms with van der Waals surface area (Å²) in [6.07, 6.45) is 6.11. The van der Waals surface area contributed by atoms with Gasteiger partial charge < -0.3 is 0 Å². The fraction of sp³-hybridized carbons (Fsp3) is 0.636. The SMILES string of the molecule is CCn1ncc2c1C[C@@H](C#N)CCC2. The maximum atomic E-state index is 8.96. The molecule has 3 heteroatoms. The lowest BCUT2D eigenvalue weighted by Gasteiger charge is -2.07. The normalized spacial score (nSPS) is 21.0. The molecule has 1 atom stereocenters.